The van der Waals surface area contributed by atoms with Gasteiger partial charge in [0.1, 0.15) is 30.2 Å². The number of nitrogens with two attached hydrogens (primary N) is 1. The van der Waals surface area contributed by atoms with Crippen LogP contribution in [0.15, 0.2) is 29.7 Å². The van der Waals surface area contributed by atoms with Gasteiger partial charge in [-0.1, -0.05) is 6.08 Å². The van der Waals surface area contributed by atoms with Crippen molar-refractivity contribution in [3.05, 3.63) is 35.4 Å². The van der Waals surface area contributed by atoms with E-state index in [-0.39, 0.29) is 12.4 Å². The maximum absolute atomic E-state index is 12.7. The summed E-state index contributed by atoms with van der Waals surface area (Å²) in [6.07, 6.45) is -3.01. The minimum absolute atomic E-state index is 0.0295. The predicted octanol–water partition coefficient (Wildman–Crippen LogP) is -1.17. The Morgan fingerprint density at radius 1 is 1.52 bits per heavy atom. The van der Waals surface area contributed by atoms with Crippen LogP contribution in [-0.4, -0.2) is 68.4 Å². The van der Waals surface area contributed by atoms with Crippen LogP contribution in [0.3, 0.4) is 0 Å². The van der Waals surface area contributed by atoms with Crippen molar-refractivity contribution >= 4 is 19.5 Å². The zero-order chi connectivity index (χ0) is 21.8. The van der Waals surface area contributed by atoms with Crippen LogP contribution in [0.2, 0.25) is 0 Å². The zero-order valence-corrected chi connectivity index (χ0v) is 16.3. The SMILES string of the molecule is C=CCOP(=O)(N[C@@H](C)C(=O)O)OC[C@H]1O[C@@H](n2ccc(N)nc2=O)[C@H](O)[C@@H]1O. The summed E-state index contributed by atoms with van der Waals surface area (Å²) < 4.78 is 29.3. The second kappa shape index (κ2) is 9.59. The lowest BCUT2D eigenvalue weighted by atomic mass is 10.1. The van der Waals surface area contributed by atoms with Gasteiger partial charge in [0, 0.05) is 6.20 Å². The maximum atomic E-state index is 12.7. The highest BCUT2D eigenvalue weighted by Gasteiger charge is 2.45. The molecule has 162 valence electrons. The summed E-state index contributed by atoms with van der Waals surface area (Å²) in [5.41, 5.74) is 4.61. The fourth-order valence-corrected chi connectivity index (χ4v) is 3.90. The lowest BCUT2D eigenvalue weighted by molar-refractivity contribution is -0.138. The Morgan fingerprint density at radius 2 is 2.21 bits per heavy atom. The number of aliphatic carboxylic acids is 1. The third-order valence-corrected chi connectivity index (χ3v) is 5.64. The first kappa shape index (κ1) is 23.2. The third kappa shape index (κ3) is 5.70. The third-order valence-electron chi connectivity index (χ3n) is 3.96. The molecule has 13 nitrogen and oxygen atoms in total. The molecule has 0 saturated carbocycles. The summed E-state index contributed by atoms with van der Waals surface area (Å²) in [5, 5.41) is 31.6. The topological polar surface area (TPSA) is 195 Å². The molecule has 1 unspecified atom stereocenters. The quantitative estimate of drug-likeness (QED) is 0.219. The molecule has 2 rings (SSSR count). The molecule has 1 fully saturated rings. The van der Waals surface area contributed by atoms with Crippen LogP contribution >= 0.6 is 7.75 Å². The minimum Gasteiger partial charge on any atom is -0.480 e. The van der Waals surface area contributed by atoms with Crippen molar-refractivity contribution in [3.63, 3.8) is 0 Å². The van der Waals surface area contributed by atoms with E-state index in [1.54, 1.807) is 0 Å². The van der Waals surface area contributed by atoms with Crippen LogP contribution in [-0.2, 0) is 23.1 Å². The van der Waals surface area contributed by atoms with Crippen LogP contribution < -0.4 is 16.5 Å². The molecule has 14 heteroatoms. The summed E-state index contributed by atoms with van der Waals surface area (Å²) >= 11 is 0. The van der Waals surface area contributed by atoms with Crippen LogP contribution in [0.4, 0.5) is 5.82 Å². The number of aliphatic hydroxyl groups excluding tert-OH is 2. The smallest absolute Gasteiger partial charge is 0.406 e. The fraction of sp³-hybridized carbons (Fsp3) is 0.533. The van der Waals surface area contributed by atoms with E-state index in [9.17, 15) is 24.4 Å². The molecule has 0 amide bonds. The predicted molar refractivity (Wildman–Crippen MR) is 98.8 cm³/mol. The number of nitrogens with one attached hydrogen (secondary N) is 1. The molecule has 2 heterocycles. The number of carboxylic acids is 1. The van der Waals surface area contributed by atoms with Gasteiger partial charge in [-0.15, -0.1) is 6.58 Å². The highest BCUT2D eigenvalue weighted by molar-refractivity contribution is 7.51. The van der Waals surface area contributed by atoms with Crippen LogP contribution in [0.1, 0.15) is 13.2 Å². The molecule has 0 aromatic carbocycles. The highest BCUT2D eigenvalue weighted by atomic mass is 31.2. The molecular weight excluding hydrogens is 411 g/mol. The number of rotatable bonds is 10. The molecule has 0 radical (unpaired) electrons. The molecule has 0 bridgehead atoms. The van der Waals surface area contributed by atoms with E-state index in [2.05, 4.69) is 16.7 Å². The molecule has 0 aliphatic carbocycles. The lowest BCUT2D eigenvalue weighted by Crippen LogP contribution is -2.37. The Kier molecular flexibility index (Phi) is 7.66. The van der Waals surface area contributed by atoms with Gasteiger partial charge >= 0.3 is 19.4 Å². The molecule has 1 aliphatic rings. The van der Waals surface area contributed by atoms with E-state index in [0.29, 0.717) is 0 Å². The lowest BCUT2D eigenvalue weighted by Gasteiger charge is -2.23. The van der Waals surface area contributed by atoms with E-state index < -0.39 is 56.6 Å². The number of ether oxygens (including phenoxy) is 1. The summed E-state index contributed by atoms with van der Waals surface area (Å²) in [7, 11) is -4.12. The second-order valence-electron chi connectivity index (χ2n) is 6.16. The van der Waals surface area contributed by atoms with Gasteiger partial charge in [-0.05, 0) is 13.0 Å². The van der Waals surface area contributed by atoms with Crippen molar-refractivity contribution < 1.29 is 38.5 Å². The first-order chi connectivity index (χ1) is 13.6. The molecule has 1 aliphatic heterocycles. The summed E-state index contributed by atoms with van der Waals surface area (Å²) in [4.78, 5) is 26.4. The molecular formula is C15H23N4O9P. The minimum atomic E-state index is -4.12. The van der Waals surface area contributed by atoms with Gasteiger partial charge in [-0.25, -0.2) is 14.4 Å². The van der Waals surface area contributed by atoms with Crippen molar-refractivity contribution in [2.24, 2.45) is 0 Å². The molecule has 0 spiro atoms. The van der Waals surface area contributed by atoms with Gasteiger partial charge in [-0.2, -0.15) is 4.98 Å². The van der Waals surface area contributed by atoms with Gasteiger partial charge in [0.25, 0.3) is 0 Å². The summed E-state index contributed by atoms with van der Waals surface area (Å²) in [5.74, 6) is -1.32. The monoisotopic (exact) mass is 434 g/mol. The largest absolute Gasteiger partial charge is 0.480 e. The molecule has 29 heavy (non-hydrogen) atoms. The average molecular weight is 434 g/mol. The summed E-state index contributed by atoms with van der Waals surface area (Å²) in [6, 6.07) is 0.0419. The Balaban J connectivity index is 2.11. The first-order valence-electron chi connectivity index (χ1n) is 8.45. The van der Waals surface area contributed by atoms with E-state index >= 15 is 0 Å². The first-order valence-corrected chi connectivity index (χ1v) is 9.99. The molecule has 6 N–H and O–H groups in total. The number of anilines is 1. The molecule has 6 atom stereocenters. The van der Waals surface area contributed by atoms with Crippen LogP contribution in [0.5, 0.6) is 0 Å². The summed E-state index contributed by atoms with van der Waals surface area (Å²) in [6.45, 7) is 3.89. The van der Waals surface area contributed by atoms with Gasteiger partial charge < -0.3 is 25.8 Å². The van der Waals surface area contributed by atoms with E-state index in [1.165, 1.54) is 25.3 Å². The van der Waals surface area contributed by atoms with Crippen molar-refractivity contribution in [3.8, 4) is 0 Å². The van der Waals surface area contributed by atoms with Crippen LogP contribution in [0.25, 0.3) is 0 Å². The van der Waals surface area contributed by atoms with Gasteiger partial charge in [-0.3, -0.25) is 18.4 Å². The number of nitrogen functional groups attached to an aromatic ring is 1. The number of aliphatic hydroxyl groups is 2. The number of carbonyl (C=O) groups is 1. The Bertz CT molecular complexity index is 847. The normalized spacial score (nSPS) is 27.3. The zero-order valence-electron chi connectivity index (χ0n) is 15.5. The van der Waals surface area contributed by atoms with Crippen molar-refractivity contribution in [1.82, 2.24) is 14.6 Å². The van der Waals surface area contributed by atoms with E-state index in [4.69, 9.17) is 24.6 Å². The van der Waals surface area contributed by atoms with Crippen molar-refractivity contribution in [1.29, 1.82) is 0 Å². The number of carboxylic acid groups (broad SMARTS) is 1. The Hall–Kier alpha value is -2.12. The number of hydrogen-bond acceptors (Lipinski definition) is 10. The van der Waals surface area contributed by atoms with Gasteiger partial charge in [0.15, 0.2) is 6.23 Å². The average Bonchev–Trinajstić information content (AvgIpc) is 2.93. The highest BCUT2D eigenvalue weighted by Crippen LogP contribution is 2.45. The van der Waals surface area contributed by atoms with Crippen LogP contribution in [0, 0.1) is 0 Å². The second-order valence-corrected chi connectivity index (χ2v) is 7.92. The molecule has 1 aromatic heterocycles. The standard InChI is InChI=1S/C15H23N4O9P/c1-3-6-26-29(25,18-8(2)14(22)23)27-7-9-11(20)12(21)13(28-9)19-5-4-10(16)17-15(19)24/h3-5,8-9,11-13,20-21H,1,6-7H2,2H3,(H,18,25)(H,22,23)(H2,16,17,24)/t8-,9+,11+,12+,13+,29?/m0/s1. The Labute approximate surface area is 165 Å². The van der Waals surface area contributed by atoms with Gasteiger partial charge in [0.2, 0.25) is 0 Å². The molecule has 1 saturated heterocycles. The van der Waals surface area contributed by atoms with Gasteiger partial charge in [0.05, 0.1) is 13.2 Å². The fourth-order valence-electron chi connectivity index (χ4n) is 2.44. The van der Waals surface area contributed by atoms with E-state index in [0.717, 1.165) is 4.57 Å². The number of hydrogen-bond donors (Lipinski definition) is 5. The van der Waals surface area contributed by atoms with Crippen molar-refractivity contribution in [2.45, 2.75) is 37.5 Å². The maximum Gasteiger partial charge on any atom is 0.406 e. The Morgan fingerprint density at radius 3 is 2.79 bits per heavy atom. The molecule has 1 aromatic rings. The number of aromatic nitrogens is 2. The number of nitrogens with zero attached hydrogens (tertiary/aromatic N) is 2. The van der Waals surface area contributed by atoms with Crippen molar-refractivity contribution in [2.75, 3.05) is 18.9 Å². The van der Waals surface area contributed by atoms with E-state index in [1.807, 2.05) is 0 Å².